The zero-order valence-electron chi connectivity index (χ0n) is 16.8. The second kappa shape index (κ2) is 10.1. The molecule has 2 rings (SSSR count). The van der Waals surface area contributed by atoms with Crippen LogP contribution in [-0.4, -0.2) is 60.0 Å². The molecule has 0 saturated heterocycles. The summed E-state index contributed by atoms with van der Waals surface area (Å²) in [5, 5.41) is 2.50. The van der Waals surface area contributed by atoms with E-state index in [-0.39, 0.29) is 43.6 Å². The SMILES string of the molecule is C#CCNC(=O)CN(C)CC(=O)N(C)c1c(N)n(Cc2ccccc2)c(=O)[nH]c1=O. The van der Waals surface area contributed by atoms with Crippen molar-refractivity contribution in [2.45, 2.75) is 6.54 Å². The van der Waals surface area contributed by atoms with Gasteiger partial charge in [-0.25, -0.2) is 4.79 Å². The van der Waals surface area contributed by atoms with E-state index >= 15 is 0 Å². The van der Waals surface area contributed by atoms with Crippen LogP contribution in [-0.2, 0) is 16.1 Å². The summed E-state index contributed by atoms with van der Waals surface area (Å²) in [4.78, 5) is 53.7. The van der Waals surface area contributed by atoms with Gasteiger partial charge in [0, 0.05) is 7.05 Å². The largest absolute Gasteiger partial charge is 0.383 e. The van der Waals surface area contributed by atoms with E-state index in [0.717, 1.165) is 10.5 Å². The number of likely N-dealkylation sites (N-methyl/N-ethyl adjacent to an activating group) is 2. The van der Waals surface area contributed by atoms with Crippen LogP contribution in [0.1, 0.15) is 5.56 Å². The van der Waals surface area contributed by atoms with Crippen LogP contribution in [0.25, 0.3) is 0 Å². The zero-order chi connectivity index (χ0) is 22.3. The van der Waals surface area contributed by atoms with Crippen molar-refractivity contribution in [3.63, 3.8) is 0 Å². The number of carbonyl (C=O) groups excluding carboxylic acids is 2. The van der Waals surface area contributed by atoms with Crippen molar-refractivity contribution in [1.82, 2.24) is 19.8 Å². The summed E-state index contributed by atoms with van der Waals surface area (Å²) in [6, 6.07) is 9.09. The molecule has 0 spiro atoms. The summed E-state index contributed by atoms with van der Waals surface area (Å²) in [7, 11) is 2.96. The Bertz CT molecular complexity index is 1070. The minimum absolute atomic E-state index is 0.0550. The Morgan fingerprint density at radius 3 is 2.50 bits per heavy atom. The number of hydrogen-bond acceptors (Lipinski definition) is 6. The molecule has 0 unspecified atom stereocenters. The first-order valence-corrected chi connectivity index (χ1v) is 9.06. The van der Waals surface area contributed by atoms with Gasteiger partial charge < -0.3 is 16.0 Å². The van der Waals surface area contributed by atoms with Gasteiger partial charge in [0.2, 0.25) is 11.8 Å². The molecule has 0 saturated carbocycles. The number of rotatable bonds is 8. The lowest BCUT2D eigenvalue weighted by atomic mass is 10.2. The van der Waals surface area contributed by atoms with Gasteiger partial charge in [-0.1, -0.05) is 36.3 Å². The molecule has 158 valence electrons. The maximum absolute atomic E-state index is 12.6. The molecule has 0 bridgehead atoms. The minimum Gasteiger partial charge on any atom is -0.383 e. The molecular formula is C20H24N6O4. The number of aromatic nitrogens is 2. The summed E-state index contributed by atoms with van der Waals surface area (Å²) in [5.74, 6) is 1.34. The molecule has 0 aliphatic heterocycles. The molecule has 2 aromatic rings. The first-order valence-electron chi connectivity index (χ1n) is 9.06. The average molecular weight is 412 g/mol. The monoisotopic (exact) mass is 412 g/mol. The number of aromatic amines is 1. The lowest BCUT2D eigenvalue weighted by Gasteiger charge is -2.23. The van der Waals surface area contributed by atoms with Crippen LogP contribution in [0.2, 0.25) is 0 Å². The number of amides is 2. The standard InChI is InChI=1S/C20H24N6O4/c1-4-10-22-15(27)12-24(2)13-16(28)25(3)17-18(21)26(20(30)23-19(17)29)11-14-8-6-5-7-9-14/h1,5-9H,10-13,21H2,2-3H3,(H,22,27)(H,23,29,30). The predicted octanol–water partition coefficient (Wildman–Crippen LogP) is -1.19. The van der Waals surface area contributed by atoms with Crippen LogP contribution in [0.15, 0.2) is 39.9 Å². The Hall–Kier alpha value is -3.84. The quantitative estimate of drug-likeness (QED) is 0.467. The van der Waals surface area contributed by atoms with Gasteiger partial charge in [-0.05, 0) is 12.6 Å². The fourth-order valence-electron chi connectivity index (χ4n) is 2.79. The molecule has 10 nitrogen and oxygen atoms in total. The molecule has 1 heterocycles. The second-order valence-corrected chi connectivity index (χ2v) is 6.67. The molecule has 0 radical (unpaired) electrons. The normalized spacial score (nSPS) is 10.5. The summed E-state index contributed by atoms with van der Waals surface area (Å²) in [6.45, 7) is 0.0131. The highest BCUT2D eigenvalue weighted by molar-refractivity contribution is 5.96. The lowest BCUT2D eigenvalue weighted by Crippen LogP contribution is -2.44. The fraction of sp³-hybridized carbons (Fsp3) is 0.300. The third kappa shape index (κ3) is 5.59. The molecule has 0 atom stereocenters. The summed E-state index contributed by atoms with van der Waals surface area (Å²) >= 11 is 0. The summed E-state index contributed by atoms with van der Waals surface area (Å²) in [6.07, 6.45) is 5.08. The van der Waals surface area contributed by atoms with Crippen molar-refractivity contribution in [3.8, 4) is 12.3 Å². The number of benzene rings is 1. The second-order valence-electron chi connectivity index (χ2n) is 6.67. The first-order chi connectivity index (χ1) is 14.2. The number of nitrogen functional groups attached to an aromatic ring is 1. The Morgan fingerprint density at radius 1 is 1.20 bits per heavy atom. The van der Waals surface area contributed by atoms with Gasteiger partial charge >= 0.3 is 5.69 Å². The van der Waals surface area contributed by atoms with E-state index < -0.39 is 17.2 Å². The third-order valence-electron chi connectivity index (χ3n) is 4.31. The summed E-state index contributed by atoms with van der Waals surface area (Å²) in [5.41, 5.74) is 5.31. The third-order valence-corrected chi connectivity index (χ3v) is 4.31. The first kappa shape index (κ1) is 22.4. The lowest BCUT2D eigenvalue weighted by molar-refractivity contribution is -0.123. The van der Waals surface area contributed by atoms with Crippen LogP contribution in [0, 0.1) is 12.3 Å². The van der Waals surface area contributed by atoms with E-state index in [1.807, 2.05) is 30.3 Å². The molecule has 0 fully saturated rings. The smallest absolute Gasteiger partial charge is 0.330 e. The van der Waals surface area contributed by atoms with Crippen molar-refractivity contribution in [1.29, 1.82) is 0 Å². The van der Waals surface area contributed by atoms with Gasteiger partial charge in [0.25, 0.3) is 5.56 Å². The van der Waals surface area contributed by atoms with Crippen LogP contribution in [0.5, 0.6) is 0 Å². The summed E-state index contributed by atoms with van der Waals surface area (Å²) < 4.78 is 1.19. The van der Waals surface area contributed by atoms with Crippen molar-refractivity contribution in [2.75, 3.05) is 44.4 Å². The average Bonchev–Trinajstić information content (AvgIpc) is 2.69. The van der Waals surface area contributed by atoms with Gasteiger partial charge in [0.15, 0.2) is 5.69 Å². The number of nitrogens with zero attached hydrogens (tertiary/aromatic N) is 3. The highest BCUT2D eigenvalue weighted by atomic mass is 16.2. The molecule has 1 aromatic heterocycles. The van der Waals surface area contributed by atoms with E-state index in [1.165, 1.54) is 16.5 Å². The Balaban J connectivity index is 2.21. The van der Waals surface area contributed by atoms with Crippen LogP contribution in [0.4, 0.5) is 11.5 Å². The number of nitrogens with two attached hydrogens (primary N) is 1. The number of terminal acetylenes is 1. The van der Waals surface area contributed by atoms with Gasteiger partial charge in [0.05, 0.1) is 26.2 Å². The highest BCUT2D eigenvalue weighted by Crippen LogP contribution is 2.16. The van der Waals surface area contributed by atoms with Gasteiger partial charge in [-0.2, -0.15) is 0 Å². The molecule has 30 heavy (non-hydrogen) atoms. The van der Waals surface area contributed by atoms with Crippen LogP contribution < -0.4 is 27.2 Å². The highest BCUT2D eigenvalue weighted by Gasteiger charge is 2.22. The molecule has 4 N–H and O–H groups in total. The molecule has 0 aliphatic carbocycles. The number of H-pyrrole nitrogens is 1. The molecule has 2 amide bonds. The maximum atomic E-state index is 12.6. The van der Waals surface area contributed by atoms with Gasteiger partial charge in [-0.15, -0.1) is 6.42 Å². The molecule has 10 heteroatoms. The van der Waals surface area contributed by atoms with E-state index in [4.69, 9.17) is 12.2 Å². The molecule has 0 aliphatic rings. The Morgan fingerprint density at radius 2 is 1.87 bits per heavy atom. The maximum Gasteiger partial charge on any atom is 0.330 e. The van der Waals surface area contributed by atoms with E-state index in [1.54, 1.807) is 7.05 Å². The van der Waals surface area contributed by atoms with Crippen molar-refractivity contribution < 1.29 is 9.59 Å². The van der Waals surface area contributed by atoms with Crippen molar-refractivity contribution >= 4 is 23.3 Å². The Labute approximate surface area is 173 Å². The van der Waals surface area contributed by atoms with E-state index in [2.05, 4.69) is 16.2 Å². The number of anilines is 2. The van der Waals surface area contributed by atoms with Gasteiger partial charge in [-0.3, -0.25) is 28.8 Å². The van der Waals surface area contributed by atoms with Gasteiger partial charge in [0.1, 0.15) is 5.82 Å². The predicted molar refractivity (Wildman–Crippen MR) is 114 cm³/mol. The van der Waals surface area contributed by atoms with Crippen LogP contribution in [0.3, 0.4) is 0 Å². The number of hydrogen-bond donors (Lipinski definition) is 3. The number of carbonyl (C=O) groups is 2. The Kier molecular flexibility index (Phi) is 7.55. The zero-order valence-corrected chi connectivity index (χ0v) is 16.8. The minimum atomic E-state index is -0.771. The fourth-order valence-corrected chi connectivity index (χ4v) is 2.79. The molecular weight excluding hydrogens is 388 g/mol. The molecule has 1 aromatic carbocycles. The topological polar surface area (TPSA) is 134 Å². The number of nitrogens with one attached hydrogen (secondary N) is 2. The van der Waals surface area contributed by atoms with E-state index in [0.29, 0.717) is 0 Å². The van der Waals surface area contributed by atoms with Crippen LogP contribution >= 0.6 is 0 Å². The van der Waals surface area contributed by atoms with E-state index in [9.17, 15) is 19.2 Å². The van der Waals surface area contributed by atoms with Crippen molar-refractivity contribution in [2.24, 2.45) is 0 Å². The van der Waals surface area contributed by atoms with Crippen molar-refractivity contribution in [3.05, 3.63) is 56.7 Å².